The molecule has 0 radical (unpaired) electrons. The van der Waals surface area contributed by atoms with Crippen LogP contribution in [0.4, 0.5) is 4.39 Å². The fraction of sp³-hybridized carbons (Fsp3) is 0.333. The van der Waals surface area contributed by atoms with Gasteiger partial charge in [-0.05, 0) is 43.0 Å². The van der Waals surface area contributed by atoms with Crippen LogP contribution in [0.1, 0.15) is 23.6 Å². The molecule has 0 aliphatic carbocycles. The van der Waals surface area contributed by atoms with E-state index in [1.54, 1.807) is 19.1 Å². The summed E-state index contributed by atoms with van der Waals surface area (Å²) in [7, 11) is 0. The van der Waals surface area contributed by atoms with E-state index in [1.165, 1.54) is 12.1 Å². The number of halogens is 1. The van der Waals surface area contributed by atoms with Gasteiger partial charge in [0.1, 0.15) is 5.82 Å². The Balaban J connectivity index is 1.91. The molecule has 138 valence electrons. The molecule has 5 heteroatoms. The van der Waals surface area contributed by atoms with Crippen molar-refractivity contribution in [3.63, 3.8) is 0 Å². The fourth-order valence-electron chi connectivity index (χ4n) is 2.88. The highest BCUT2D eigenvalue weighted by atomic mass is 19.1. The lowest BCUT2D eigenvalue weighted by molar-refractivity contribution is -0.141. The van der Waals surface area contributed by atoms with E-state index in [1.807, 2.05) is 31.2 Å². The van der Waals surface area contributed by atoms with E-state index in [4.69, 9.17) is 0 Å². The van der Waals surface area contributed by atoms with E-state index in [9.17, 15) is 19.1 Å². The fourth-order valence-corrected chi connectivity index (χ4v) is 2.88. The number of carbonyl (C=O) groups excluding carboxylic acids is 1. The summed E-state index contributed by atoms with van der Waals surface area (Å²) in [5.74, 6) is -2.57. The first-order chi connectivity index (χ1) is 12.3. The number of rotatable bonds is 8. The average Bonchev–Trinajstić information content (AvgIpc) is 2.58. The van der Waals surface area contributed by atoms with E-state index >= 15 is 0 Å². The molecule has 0 saturated carbocycles. The van der Waals surface area contributed by atoms with Crippen LogP contribution in [0.3, 0.4) is 0 Å². The number of hydrogen-bond donors (Lipinski definition) is 2. The van der Waals surface area contributed by atoms with Crippen LogP contribution in [0.25, 0.3) is 0 Å². The van der Waals surface area contributed by atoms with E-state index in [0.29, 0.717) is 12.8 Å². The molecule has 1 amide bonds. The Hall–Kier alpha value is -2.69. The van der Waals surface area contributed by atoms with Gasteiger partial charge in [0.05, 0.1) is 5.92 Å². The van der Waals surface area contributed by atoms with Crippen molar-refractivity contribution in [2.75, 3.05) is 6.54 Å². The van der Waals surface area contributed by atoms with E-state index in [-0.39, 0.29) is 24.2 Å². The highest BCUT2D eigenvalue weighted by molar-refractivity contribution is 5.79. The molecule has 2 aromatic carbocycles. The number of nitrogens with one attached hydrogen (secondary N) is 1. The third-order valence-corrected chi connectivity index (χ3v) is 4.32. The summed E-state index contributed by atoms with van der Waals surface area (Å²) in [4.78, 5) is 23.8. The second-order valence-corrected chi connectivity index (χ2v) is 6.71. The molecule has 26 heavy (non-hydrogen) atoms. The summed E-state index contributed by atoms with van der Waals surface area (Å²) in [6, 6.07) is 13.8. The summed E-state index contributed by atoms with van der Waals surface area (Å²) in [6.45, 7) is 3.77. The summed E-state index contributed by atoms with van der Waals surface area (Å²) in [5, 5.41) is 12.1. The van der Waals surface area contributed by atoms with Crippen LogP contribution in [0.2, 0.25) is 0 Å². The maximum Gasteiger partial charge on any atom is 0.308 e. The van der Waals surface area contributed by atoms with Crippen molar-refractivity contribution in [2.24, 2.45) is 11.8 Å². The summed E-state index contributed by atoms with van der Waals surface area (Å²) >= 11 is 0. The molecule has 0 saturated heterocycles. The summed E-state index contributed by atoms with van der Waals surface area (Å²) in [5.41, 5.74) is 2.74. The molecule has 2 atom stereocenters. The summed E-state index contributed by atoms with van der Waals surface area (Å²) < 4.78 is 13.2. The zero-order valence-corrected chi connectivity index (χ0v) is 15.0. The van der Waals surface area contributed by atoms with E-state index in [2.05, 4.69) is 5.32 Å². The first-order valence-corrected chi connectivity index (χ1v) is 8.65. The number of amides is 1. The predicted octanol–water partition coefficient (Wildman–Crippen LogP) is 3.37. The minimum Gasteiger partial charge on any atom is -0.481 e. The quantitative estimate of drug-likeness (QED) is 0.761. The monoisotopic (exact) mass is 357 g/mol. The van der Waals surface area contributed by atoms with Crippen LogP contribution in [-0.2, 0) is 22.4 Å². The number of carboxylic acid groups (broad SMARTS) is 1. The molecule has 0 spiro atoms. The van der Waals surface area contributed by atoms with Crippen LogP contribution >= 0.6 is 0 Å². The van der Waals surface area contributed by atoms with Gasteiger partial charge in [0, 0.05) is 12.5 Å². The molecule has 0 aromatic heterocycles. The molecule has 2 rings (SSSR count). The lowest BCUT2D eigenvalue weighted by Crippen LogP contribution is -2.37. The Morgan fingerprint density at radius 3 is 2.35 bits per heavy atom. The number of carbonyl (C=O) groups is 2. The molecule has 2 unspecified atom stereocenters. The minimum atomic E-state index is -0.940. The highest BCUT2D eigenvalue weighted by Gasteiger charge is 2.21. The SMILES string of the molecule is Cc1cccc(CC(CNC(=O)C(C)Cc2cccc(F)c2)C(=O)O)c1. The maximum atomic E-state index is 13.2. The first kappa shape index (κ1) is 19.6. The van der Waals surface area contributed by atoms with Crippen molar-refractivity contribution in [3.05, 3.63) is 71.0 Å². The van der Waals surface area contributed by atoms with Gasteiger partial charge in [0.2, 0.25) is 5.91 Å². The molecule has 0 aliphatic heterocycles. The van der Waals surface area contributed by atoms with Gasteiger partial charge in [-0.1, -0.05) is 48.9 Å². The predicted molar refractivity (Wildman–Crippen MR) is 98.3 cm³/mol. The third kappa shape index (κ3) is 5.99. The minimum absolute atomic E-state index is 0.0651. The van der Waals surface area contributed by atoms with Gasteiger partial charge in [-0.15, -0.1) is 0 Å². The molecule has 2 N–H and O–H groups in total. The second kappa shape index (κ2) is 9.13. The zero-order chi connectivity index (χ0) is 19.1. The first-order valence-electron chi connectivity index (χ1n) is 8.65. The van der Waals surface area contributed by atoms with Crippen molar-refractivity contribution in [3.8, 4) is 0 Å². The number of carboxylic acids is 1. The van der Waals surface area contributed by atoms with Crippen molar-refractivity contribution in [2.45, 2.75) is 26.7 Å². The Morgan fingerprint density at radius 2 is 1.73 bits per heavy atom. The van der Waals surface area contributed by atoms with Crippen molar-refractivity contribution < 1.29 is 19.1 Å². The number of aliphatic carboxylic acids is 1. The second-order valence-electron chi connectivity index (χ2n) is 6.71. The Labute approximate surface area is 153 Å². The van der Waals surface area contributed by atoms with Gasteiger partial charge in [0.25, 0.3) is 0 Å². The van der Waals surface area contributed by atoms with E-state index in [0.717, 1.165) is 16.7 Å². The van der Waals surface area contributed by atoms with Crippen molar-refractivity contribution >= 4 is 11.9 Å². The van der Waals surface area contributed by atoms with Gasteiger partial charge in [-0.25, -0.2) is 4.39 Å². The molecule has 0 bridgehead atoms. The average molecular weight is 357 g/mol. The normalized spacial score (nSPS) is 13.0. The van der Waals surface area contributed by atoms with Gasteiger partial charge in [-0.3, -0.25) is 9.59 Å². The lowest BCUT2D eigenvalue weighted by atomic mass is 9.97. The van der Waals surface area contributed by atoms with Crippen LogP contribution in [0, 0.1) is 24.6 Å². The van der Waals surface area contributed by atoms with Gasteiger partial charge < -0.3 is 10.4 Å². The van der Waals surface area contributed by atoms with Gasteiger partial charge in [0.15, 0.2) is 0 Å². The number of hydrogen-bond acceptors (Lipinski definition) is 2. The standard InChI is InChI=1S/C21H24FNO3/c1-14-5-3-6-16(9-14)11-18(21(25)26)13-23-20(24)15(2)10-17-7-4-8-19(22)12-17/h3-9,12,15,18H,10-11,13H2,1-2H3,(H,23,24)(H,25,26). The maximum absolute atomic E-state index is 13.2. The summed E-state index contributed by atoms with van der Waals surface area (Å²) in [6.07, 6.45) is 0.759. The molecule has 0 heterocycles. The molecule has 0 fully saturated rings. The van der Waals surface area contributed by atoms with Crippen LogP contribution < -0.4 is 5.32 Å². The van der Waals surface area contributed by atoms with Gasteiger partial charge in [-0.2, -0.15) is 0 Å². The molecular weight excluding hydrogens is 333 g/mol. The van der Waals surface area contributed by atoms with Crippen LogP contribution in [0.5, 0.6) is 0 Å². The van der Waals surface area contributed by atoms with Crippen molar-refractivity contribution in [1.29, 1.82) is 0 Å². The zero-order valence-electron chi connectivity index (χ0n) is 15.0. The number of benzene rings is 2. The number of aryl methyl sites for hydroxylation is 1. The Morgan fingerprint density at radius 1 is 1.08 bits per heavy atom. The van der Waals surface area contributed by atoms with Crippen LogP contribution in [-0.4, -0.2) is 23.5 Å². The topological polar surface area (TPSA) is 66.4 Å². The van der Waals surface area contributed by atoms with Crippen molar-refractivity contribution in [1.82, 2.24) is 5.32 Å². The molecular formula is C21H24FNO3. The van der Waals surface area contributed by atoms with E-state index < -0.39 is 11.9 Å². The lowest BCUT2D eigenvalue weighted by Gasteiger charge is -2.17. The Bertz CT molecular complexity index is 775. The van der Waals surface area contributed by atoms with Crippen LogP contribution in [0.15, 0.2) is 48.5 Å². The molecule has 2 aromatic rings. The largest absolute Gasteiger partial charge is 0.481 e. The smallest absolute Gasteiger partial charge is 0.308 e. The highest BCUT2D eigenvalue weighted by Crippen LogP contribution is 2.13. The third-order valence-electron chi connectivity index (χ3n) is 4.32. The van der Waals surface area contributed by atoms with Gasteiger partial charge >= 0.3 is 5.97 Å². The molecule has 4 nitrogen and oxygen atoms in total. The molecule has 0 aliphatic rings. The Kier molecular flexibility index (Phi) is 6.89.